The van der Waals surface area contributed by atoms with Gasteiger partial charge in [0.05, 0.1) is 33.3 Å². The van der Waals surface area contributed by atoms with Crippen LogP contribution in [-0.4, -0.2) is 47.6 Å². The summed E-state index contributed by atoms with van der Waals surface area (Å²) >= 11 is 0. The van der Waals surface area contributed by atoms with Crippen LogP contribution in [0, 0.1) is 11.3 Å². The number of para-hydroxylation sites is 2. The minimum atomic E-state index is 0.514. The minimum Gasteiger partial charge on any atom is -0.309 e. The van der Waals surface area contributed by atoms with Crippen LogP contribution in [0.1, 0.15) is 5.56 Å². The third kappa shape index (κ3) is 6.64. The largest absolute Gasteiger partial charge is 0.309 e. The Morgan fingerprint density at radius 3 is 1.55 bits per heavy atom. The second-order valence-corrected chi connectivity index (χ2v) is 18.3. The molecule has 71 heavy (non-hydrogen) atoms. The van der Waals surface area contributed by atoms with Gasteiger partial charge in [-0.1, -0.05) is 198 Å². The summed E-state index contributed by atoms with van der Waals surface area (Å²) in [5.41, 5.74) is 16.4. The lowest BCUT2D eigenvalue weighted by Crippen LogP contribution is -2.39. The fourth-order valence-corrected chi connectivity index (χ4v) is 11.0. The second kappa shape index (κ2) is 16.8. The van der Waals surface area contributed by atoms with Gasteiger partial charge in [-0.25, -0.2) is 15.0 Å². The van der Waals surface area contributed by atoms with Gasteiger partial charge in [-0.15, -0.1) is 0 Å². The quantitative estimate of drug-likeness (QED) is 0.149. The topological polar surface area (TPSA) is 72.3 Å². The van der Waals surface area contributed by atoms with E-state index < -0.39 is 0 Å². The first-order chi connectivity index (χ1) is 35.0. The molecular weight excluding hydrogens is 861 g/mol. The molecule has 0 bridgehead atoms. The van der Waals surface area contributed by atoms with Crippen LogP contribution in [0.3, 0.4) is 0 Å². The number of nitrogens with zero attached hydrogens (tertiary/aromatic N) is 6. The van der Waals surface area contributed by atoms with Crippen molar-refractivity contribution in [2.24, 2.45) is 0 Å². The van der Waals surface area contributed by atoms with E-state index in [1.165, 1.54) is 10.8 Å². The predicted molar refractivity (Wildman–Crippen MR) is 302 cm³/mol. The molecule has 0 aliphatic carbocycles. The summed E-state index contributed by atoms with van der Waals surface area (Å²) in [7, 11) is 6.35. The molecule has 0 atom stereocenters. The Morgan fingerprint density at radius 1 is 0.394 bits per heavy atom. The number of hydrogen-bond donors (Lipinski definition) is 0. The van der Waals surface area contributed by atoms with E-state index in [9.17, 15) is 5.26 Å². The lowest BCUT2D eigenvalue weighted by Gasteiger charge is -2.22. The molecule has 10 aromatic carbocycles. The highest BCUT2D eigenvalue weighted by Crippen LogP contribution is 2.43. The van der Waals surface area contributed by atoms with Crippen molar-refractivity contribution < 1.29 is 0 Å². The predicted octanol–water partition coefficient (Wildman–Crippen LogP) is 10.2. The molecule has 0 unspecified atom stereocenters. The van der Waals surface area contributed by atoms with E-state index in [1.807, 2.05) is 24.3 Å². The third-order valence-corrected chi connectivity index (χ3v) is 14.4. The van der Waals surface area contributed by atoms with Crippen LogP contribution in [0.15, 0.2) is 212 Å². The van der Waals surface area contributed by atoms with Crippen molar-refractivity contribution in [2.75, 3.05) is 0 Å². The van der Waals surface area contributed by atoms with Gasteiger partial charge in [-0.2, -0.15) is 5.26 Å². The number of benzene rings is 10. The maximum atomic E-state index is 11.6. The fourth-order valence-electron chi connectivity index (χ4n) is 11.0. The van der Waals surface area contributed by atoms with E-state index in [1.54, 1.807) is 0 Å². The molecule has 13 aromatic rings. The standard InChI is InChI=1S/C62H41B3N6/c63-55-49(36-66)59(71-50-29-15-13-25-44(50)45-33-34-52-53(58(45)71)48-28-14-16-30-51(48)70(52)41-32-31-37-17-7-8-22-40(37)35-41)57(65)56(64)54(55)62-68-60(46-26-11-9-23-42(46)38-18-3-1-4-19-38)67-61(69-62)47-27-12-10-24-43(47)39-20-5-2-6-21-39/h1-35H,63-65H2. The summed E-state index contributed by atoms with van der Waals surface area (Å²) in [6.07, 6.45) is 0. The van der Waals surface area contributed by atoms with Crippen molar-refractivity contribution >= 4 is 94.3 Å². The molecule has 13 rings (SSSR count). The van der Waals surface area contributed by atoms with Gasteiger partial charge in [0.25, 0.3) is 0 Å². The van der Waals surface area contributed by atoms with Crippen LogP contribution in [0.5, 0.6) is 0 Å². The van der Waals surface area contributed by atoms with Gasteiger partial charge in [0.2, 0.25) is 0 Å². The Labute approximate surface area is 413 Å². The smallest absolute Gasteiger partial charge is 0.164 e. The highest BCUT2D eigenvalue weighted by Gasteiger charge is 2.27. The highest BCUT2D eigenvalue weighted by molar-refractivity contribution is 6.56. The fraction of sp³-hybridized carbons (Fsp3) is 0. The highest BCUT2D eigenvalue weighted by atomic mass is 15.0. The molecular formula is C62H41B3N6. The zero-order valence-electron chi connectivity index (χ0n) is 39.4. The zero-order valence-corrected chi connectivity index (χ0v) is 39.4. The zero-order chi connectivity index (χ0) is 47.7. The van der Waals surface area contributed by atoms with E-state index in [4.69, 9.17) is 15.0 Å². The van der Waals surface area contributed by atoms with E-state index in [0.29, 0.717) is 23.0 Å². The van der Waals surface area contributed by atoms with E-state index >= 15 is 0 Å². The summed E-state index contributed by atoms with van der Waals surface area (Å²) in [6, 6.07) is 77.1. The van der Waals surface area contributed by atoms with Gasteiger partial charge in [-0.3, -0.25) is 0 Å². The van der Waals surface area contributed by atoms with Gasteiger partial charge < -0.3 is 9.13 Å². The van der Waals surface area contributed by atoms with E-state index in [0.717, 1.165) is 110 Å². The maximum absolute atomic E-state index is 11.6. The van der Waals surface area contributed by atoms with Crippen molar-refractivity contribution in [2.45, 2.75) is 0 Å². The minimum absolute atomic E-state index is 0.514. The van der Waals surface area contributed by atoms with Crippen LogP contribution in [-0.2, 0) is 0 Å². The Kier molecular flexibility index (Phi) is 9.89. The Morgan fingerprint density at radius 2 is 0.915 bits per heavy atom. The first-order valence-electron chi connectivity index (χ1n) is 24.0. The monoisotopic (exact) mass is 902 g/mol. The summed E-state index contributed by atoms with van der Waals surface area (Å²) in [6.45, 7) is 0. The first kappa shape index (κ1) is 41.9. The van der Waals surface area contributed by atoms with Crippen molar-refractivity contribution in [3.63, 3.8) is 0 Å². The SMILES string of the molecule is Bc1c(B)c(-n2c3ccccc3c3ccc4c(c5ccccc5n4-c4ccc5ccccc5c4)c32)c(C#N)c(B)c1-c1nc(-c2ccccc2-c2ccccc2)nc(-c2ccccc2-c2ccccc2)n1. The third-order valence-electron chi connectivity index (χ3n) is 14.4. The maximum Gasteiger partial charge on any atom is 0.164 e. The van der Waals surface area contributed by atoms with Crippen LogP contribution in [0.25, 0.3) is 122 Å². The van der Waals surface area contributed by atoms with Crippen molar-refractivity contribution in [1.82, 2.24) is 24.1 Å². The normalized spacial score (nSPS) is 11.5. The van der Waals surface area contributed by atoms with Gasteiger partial charge in [0, 0.05) is 43.9 Å². The molecule has 0 saturated heterocycles. The van der Waals surface area contributed by atoms with Crippen molar-refractivity contribution in [3.05, 3.63) is 218 Å². The van der Waals surface area contributed by atoms with Crippen LogP contribution >= 0.6 is 0 Å². The Balaban J connectivity index is 1.09. The van der Waals surface area contributed by atoms with Gasteiger partial charge >= 0.3 is 0 Å². The lowest BCUT2D eigenvalue weighted by molar-refractivity contribution is 1.08. The van der Waals surface area contributed by atoms with Gasteiger partial charge in [0.15, 0.2) is 17.5 Å². The molecule has 0 amide bonds. The molecule has 0 fully saturated rings. The molecule has 0 spiro atoms. The average molecular weight is 902 g/mol. The summed E-state index contributed by atoms with van der Waals surface area (Å²) in [4.78, 5) is 16.1. The summed E-state index contributed by atoms with van der Waals surface area (Å²) in [5, 5.41) is 18.5. The Hall–Kier alpha value is -9.25. The van der Waals surface area contributed by atoms with Gasteiger partial charge in [0.1, 0.15) is 29.6 Å². The number of hydrogen-bond acceptors (Lipinski definition) is 4. The van der Waals surface area contributed by atoms with E-state index in [2.05, 4.69) is 227 Å². The number of fused-ring (bicyclic) bond motifs is 8. The van der Waals surface area contributed by atoms with Crippen molar-refractivity contribution in [3.8, 4) is 73.9 Å². The van der Waals surface area contributed by atoms with Crippen LogP contribution < -0.4 is 16.4 Å². The molecule has 0 aliphatic rings. The molecule has 0 aliphatic heterocycles. The molecule has 3 heterocycles. The number of rotatable bonds is 7. The van der Waals surface area contributed by atoms with E-state index in [-0.39, 0.29) is 0 Å². The molecule has 328 valence electrons. The second-order valence-electron chi connectivity index (χ2n) is 18.3. The van der Waals surface area contributed by atoms with Crippen LogP contribution in [0.2, 0.25) is 0 Å². The number of aromatic nitrogens is 5. The molecule has 6 nitrogen and oxygen atoms in total. The van der Waals surface area contributed by atoms with Crippen LogP contribution in [0.4, 0.5) is 0 Å². The average Bonchev–Trinajstić information content (AvgIpc) is 3.95. The molecule has 9 heteroatoms. The molecule has 0 saturated carbocycles. The lowest BCUT2D eigenvalue weighted by atomic mass is 9.69. The molecule has 0 radical (unpaired) electrons. The Bertz CT molecular complexity index is 4240. The molecule has 0 N–H and O–H groups in total. The number of nitriles is 1. The van der Waals surface area contributed by atoms with Crippen molar-refractivity contribution in [1.29, 1.82) is 5.26 Å². The first-order valence-corrected chi connectivity index (χ1v) is 24.0. The summed E-state index contributed by atoms with van der Waals surface area (Å²) < 4.78 is 4.75. The van der Waals surface area contributed by atoms with Gasteiger partial charge in [-0.05, 0) is 63.4 Å². The molecule has 3 aromatic heterocycles. The summed E-state index contributed by atoms with van der Waals surface area (Å²) in [5.74, 6) is 1.62.